The number of imidazole rings is 1. The highest BCUT2D eigenvalue weighted by Crippen LogP contribution is 2.28. The minimum absolute atomic E-state index is 0.000686. The number of H-pyrrole nitrogens is 1. The molecule has 0 radical (unpaired) electrons. The van der Waals surface area contributed by atoms with E-state index in [-0.39, 0.29) is 16.9 Å². The molecular formula is C18H24F2N2O10. The van der Waals surface area contributed by atoms with Crippen LogP contribution in [-0.4, -0.2) is 113 Å². The minimum atomic E-state index is -2.04. The molecule has 32 heavy (non-hydrogen) atoms. The van der Waals surface area contributed by atoms with Gasteiger partial charge in [0.2, 0.25) is 0 Å². The monoisotopic (exact) mass is 466 g/mol. The van der Waals surface area contributed by atoms with Crippen LogP contribution in [0.5, 0.6) is 0 Å². The summed E-state index contributed by atoms with van der Waals surface area (Å²) in [5.41, 5.74) is -0.0708. The van der Waals surface area contributed by atoms with Gasteiger partial charge in [-0.1, -0.05) is 0 Å². The maximum atomic E-state index is 13.4. The number of hydrogen-bond acceptors (Lipinski definition) is 11. The van der Waals surface area contributed by atoms with E-state index in [9.17, 15) is 49.6 Å². The van der Waals surface area contributed by atoms with E-state index in [0.717, 1.165) is 12.1 Å². The second kappa shape index (κ2) is 9.96. The van der Waals surface area contributed by atoms with Crippen molar-refractivity contribution in [3.63, 3.8) is 0 Å². The summed E-state index contributed by atoms with van der Waals surface area (Å²) in [7, 11) is 0. The molecule has 3 rings (SSSR count). The third kappa shape index (κ3) is 4.74. The van der Waals surface area contributed by atoms with Crippen LogP contribution in [0.3, 0.4) is 0 Å². The highest BCUT2D eigenvalue weighted by molar-refractivity contribution is 5.75. The largest absolute Gasteiger partial charge is 0.394 e. The lowest BCUT2D eigenvalue weighted by atomic mass is 9.98. The molecule has 0 saturated carbocycles. The van der Waals surface area contributed by atoms with Crippen LogP contribution < -0.4 is 0 Å². The van der Waals surface area contributed by atoms with Gasteiger partial charge in [0.25, 0.3) is 0 Å². The first-order valence-corrected chi connectivity index (χ1v) is 9.54. The number of aliphatic hydroxyl groups is 8. The van der Waals surface area contributed by atoms with Gasteiger partial charge >= 0.3 is 0 Å². The molecule has 2 heterocycles. The van der Waals surface area contributed by atoms with Crippen molar-refractivity contribution in [1.29, 1.82) is 0 Å². The van der Waals surface area contributed by atoms with Gasteiger partial charge < -0.3 is 55.3 Å². The molecule has 9 N–H and O–H groups in total. The number of nitrogens with one attached hydrogen (secondary N) is 1. The molecule has 0 bridgehead atoms. The lowest BCUT2D eigenvalue weighted by molar-refractivity contribution is -0.327. The first kappa shape index (κ1) is 24.8. The number of aromatic amines is 1. The van der Waals surface area contributed by atoms with Gasteiger partial charge in [-0.2, -0.15) is 0 Å². The molecular weight excluding hydrogens is 442 g/mol. The third-order valence-corrected chi connectivity index (χ3v) is 5.19. The fourth-order valence-corrected chi connectivity index (χ4v) is 3.34. The van der Waals surface area contributed by atoms with Crippen molar-refractivity contribution < 1.29 is 59.1 Å². The molecule has 0 aliphatic carbocycles. The standard InChI is InChI=1S/C18H24F2N2O10/c19-5-1-7-8(2-6(5)20)22-17(21-7)14(29)13(28)16(9(25)3-23)32-18-15(30)12(27)11(26)10(4-24)31-18/h1-2,9-16,18,23-30H,3-4H2,(H,21,22)/t9?,10?,11?,12?,13?,14-,15?,16?,18?/m0/s1. The van der Waals surface area contributed by atoms with Crippen LogP contribution in [-0.2, 0) is 9.47 Å². The summed E-state index contributed by atoms with van der Waals surface area (Å²) in [6.07, 6.45) is -16.2. The number of ether oxygens (including phenoxy) is 2. The van der Waals surface area contributed by atoms with Gasteiger partial charge in [-0.15, -0.1) is 0 Å². The molecule has 1 aliphatic rings. The van der Waals surface area contributed by atoms with Gasteiger partial charge in [-0.05, 0) is 0 Å². The van der Waals surface area contributed by atoms with Crippen molar-refractivity contribution in [2.75, 3.05) is 13.2 Å². The Morgan fingerprint density at radius 2 is 1.69 bits per heavy atom. The lowest BCUT2D eigenvalue weighted by Crippen LogP contribution is -2.61. The number of rotatable bonds is 8. The zero-order chi connectivity index (χ0) is 23.7. The number of aromatic nitrogens is 2. The van der Waals surface area contributed by atoms with Crippen LogP contribution >= 0.6 is 0 Å². The SMILES string of the molecule is OCC(O)C(OC1OC(CO)C(O)C(O)C1O)C(O)[C@H](O)c1nc2cc(F)c(F)cc2[nH]1. The molecule has 9 atom stereocenters. The van der Waals surface area contributed by atoms with Gasteiger partial charge in [0.15, 0.2) is 17.9 Å². The van der Waals surface area contributed by atoms with E-state index < -0.39 is 80.0 Å². The molecule has 0 spiro atoms. The van der Waals surface area contributed by atoms with Gasteiger partial charge in [0, 0.05) is 12.1 Å². The summed E-state index contributed by atoms with van der Waals surface area (Å²) in [6, 6.07) is 1.54. The molecule has 12 nitrogen and oxygen atoms in total. The molecule has 1 saturated heterocycles. The Labute approximate surface area is 178 Å². The molecule has 0 amide bonds. The topological polar surface area (TPSA) is 209 Å². The zero-order valence-corrected chi connectivity index (χ0v) is 16.4. The highest BCUT2D eigenvalue weighted by Gasteiger charge is 2.47. The predicted molar refractivity (Wildman–Crippen MR) is 98.7 cm³/mol. The Morgan fingerprint density at radius 3 is 2.31 bits per heavy atom. The quantitative estimate of drug-likeness (QED) is 0.189. The Balaban J connectivity index is 1.83. The smallest absolute Gasteiger partial charge is 0.187 e. The number of fused-ring (bicyclic) bond motifs is 1. The van der Waals surface area contributed by atoms with Gasteiger partial charge in [-0.3, -0.25) is 0 Å². The number of hydrogen-bond donors (Lipinski definition) is 9. The summed E-state index contributed by atoms with van der Waals surface area (Å²) in [6.45, 7) is -1.74. The average molecular weight is 466 g/mol. The normalized spacial score (nSPS) is 30.2. The summed E-state index contributed by atoms with van der Waals surface area (Å²) in [5, 5.41) is 79.5. The first-order chi connectivity index (χ1) is 15.1. The third-order valence-electron chi connectivity index (χ3n) is 5.19. The van der Waals surface area contributed by atoms with E-state index in [2.05, 4.69) is 9.97 Å². The summed E-state index contributed by atoms with van der Waals surface area (Å²) >= 11 is 0. The van der Waals surface area contributed by atoms with E-state index in [1.165, 1.54) is 0 Å². The summed E-state index contributed by atoms with van der Waals surface area (Å²) in [5.74, 6) is -2.72. The van der Waals surface area contributed by atoms with Crippen molar-refractivity contribution in [1.82, 2.24) is 9.97 Å². The molecule has 180 valence electrons. The first-order valence-electron chi connectivity index (χ1n) is 9.54. The van der Waals surface area contributed by atoms with Crippen LogP contribution in [0.4, 0.5) is 8.78 Å². The van der Waals surface area contributed by atoms with Crippen LogP contribution in [0.15, 0.2) is 12.1 Å². The minimum Gasteiger partial charge on any atom is -0.394 e. The van der Waals surface area contributed by atoms with Crippen molar-refractivity contribution >= 4 is 11.0 Å². The fraction of sp³-hybridized carbons (Fsp3) is 0.611. The van der Waals surface area contributed by atoms with E-state index in [1.807, 2.05) is 0 Å². The van der Waals surface area contributed by atoms with Crippen molar-refractivity contribution in [3.8, 4) is 0 Å². The van der Waals surface area contributed by atoms with E-state index in [1.54, 1.807) is 0 Å². The molecule has 8 unspecified atom stereocenters. The van der Waals surface area contributed by atoms with Crippen LogP contribution in [0.25, 0.3) is 11.0 Å². The molecule has 1 aromatic heterocycles. The number of nitrogens with zero attached hydrogens (tertiary/aromatic N) is 1. The average Bonchev–Trinajstić information content (AvgIpc) is 3.18. The summed E-state index contributed by atoms with van der Waals surface area (Å²) < 4.78 is 37.2. The van der Waals surface area contributed by atoms with Crippen LogP contribution in [0.1, 0.15) is 11.9 Å². The van der Waals surface area contributed by atoms with E-state index in [0.29, 0.717) is 0 Å². The van der Waals surface area contributed by atoms with Crippen molar-refractivity contribution in [3.05, 3.63) is 29.6 Å². The molecule has 1 aliphatic heterocycles. The number of halogens is 2. The van der Waals surface area contributed by atoms with Crippen LogP contribution in [0, 0.1) is 11.6 Å². The highest BCUT2D eigenvalue weighted by atomic mass is 19.2. The Morgan fingerprint density at radius 1 is 1.03 bits per heavy atom. The summed E-state index contributed by atoms with van der Waals surface area (Å²) in [4.78, 5) is 6.34. The maximum Gasteiger partial charge on any atom is 0.187 e. The van der Waals surface area contributed by atoms with Crippen molar-refractivity contribution in [2.45, 2.75) is 55.1 Å². The molecule has 1 aromatic carbocycles. The van der Waals surface area contributed by atoms with Gasteiger partial charge in [0.05, 0.1) is 24.2 Å². The zero-order valence-electron chi connectivity index (χ0n) is 16.4. The van der Waals surface area contributed by atoms with Crippen molar-refractivity contribution in [2.24, 2.45) is 0 Å². The van der Waals surface area contributed by atoms with Crippen LogP contribution in [0.2, 0.25) is 0 Å². The Bertz CT molecular complexity index is 876. The molecule has 1 fully saturated rings. The second-order valence-corrected chi connectivity index (χ2v) is 7.39. The molecule has 14 heteroatoms. The Hall–Kier alpha value is -1.85. The Kier molecular flexibility index (Phi) is 7.72. The number of aliphatic hydroxyl groups excluding tert-OH is 8. The second-order valence-electron chi connectivity index (χ2n) is 7.39. The number of benzene rings is 1. The lowest BCUT2D eigenvalue weighted by Gasteiger charge is -2.42. The van der Waals surface area contributed by atoms with Gasteiger partial charge in [0.1, 0.15) is 54.7 Å². The fourth-order valence-electron chi connectivity index (χ4n) is 3.34. The van der Waals surface area contributed by atoms with E-state index in [4.69, 9.17) is 9.47 Å². The maximum absolute atomic E-state index is 13.4. The molecule has 2 aromatic rings. The van der Waals surface area contributed by atoms with E-state index >= 15 is 0 Å². The van der Waals surface area contributed by atoms with Gasteiger partial charge in [-0.25, -0.2) is 13.8 Å². The predicted octanol–water partition coefficient (Wildman–Crippen LogP) is -3.23.